The Morgan fingerprint density at radius 2 is 2.00 bits per heavy atom. The minimum Gasteiger partial charge on any atom is -0.490 e. The average molecular weight is 249 g/mol. The average Bonchev–Trinajstić information content (AvgIpc) is 2.38. The van der Waals surface area contributed by atoms with Crippen molar-refractivity contribution in [3.05, 3.63) is 46.5 Å². The molecule has 1 heterocycles. The smallest absolute Gasteiger partial charge is 0.311 e. The highest BCUT2D eigenvalue weighted by Crippen LogP contribution is 2.35. The van der Waals surface area contributed by atoms with Crippen LogP contribution in [0.25, 0.3) is 11.4 Å². The molecule has 0 aliphatic rings. The van der Waals surface area contributed by atoms with E-state index in [-0.39, 0.29) is 17.3 Å². The maximum absolute atomic E-state index is 12.7. The number of rotatable bonds is 3. The molecule has 0 fully saturated rings. The van der Waals surface area contributed by atoms with E-state index in [1.807, 2.05) is 0 Å². The van der Waals surface area contributed by atoms with Crippen LogP contribution in [0.3, 0.4) is 0 Å². The molecule has 7 heteroatoms. The predicted octanol–water partition coefficient (Wildman–Crippen LogP) is 2.20. The quantitative estimate of drug-likeness (QED) is 0.615. The van der Waals surface area contributed by atoms with Crippen LogP contribution >= 0.6 is 0 Å². The summed E-state index contributed by atoms with van der Waals surface area (Å²) in [7, 11) is 1.31. The fourth-order valence-corrected chi connectivity index (χ4v) is 1.51. The second-order valence-corrected chi connectivity index (χ2v) is 3.34. The molecule has 0 atom stereocenters. The van der Waals surface area contributed by atoms with Crippen LogP contribution in [0.15, 0.2) is 30.6 Å². The molecule has 0 bridgehead atoms. The number of nitrogens with zero attached hydrogens (tertiary/aromatic N) is 3. The summed E-state index contributed by atoms with van der Waals surface area (Å²) in [5, 5.41) is 10.8. The van der Waals surface area contributed by atoms with E-state index in [0.717, 1.165) is 12.4 Å². The summed E-state index contributed by atoms with van der Waals surface area (Å²) in [4.78, 5) is 17.8. The molecule has 92 valence electrons. The zero-order valence-corrected chi connectivity index (χ0v) is 9.33. The van der Waals surface area contributed by atoms with Gasteiger partial charge in [-0.2, -0.15) is 0 Å². The van der Waals surface area contributed by atoms with Crippen molar-refractivity contribution in [2.45, 2.75) is 0 Å². The molecule has 0 saturated carbocycles. The molecular weight excluding hydrogens is 241 g/mol. The van der Waals surface area contributed by atoms with Crippen LogP contribution in [-0.4, -0.2) is 22.0 Å². The Kier molecular flexibility index (Phi) is 3.13. The maximum atomic E-state index is 12.7. The molecular formula is C11H8FN3O3. The third-order valence-electron chi connectivity index (χ3n) is 2.26. The van der Waals surface area contributed by atoms with E-state index in [9.17, 15) is 14.5 Å². The first-order valence-corrected chi connectivity index (χ1v) is 4.93. The number of ether oxygens (including phenoxy) is 1. The first-order chi connectivity index (χ1) is 8.63. The van der Waals surface area contributed by atoms with Gasteiger partial charge in [0.2, 0.25) is 5.75 Å². The number of aromatic nitrogens is 2. The third-order valence-corrected chi connectivity index (χ3v) is 2.26. The van der Waals surface area contributed by atoms with Crippen LogP contribution < -0.4 is 4.74 Å². The molecule has 2 rings (SSSR count). The second-order valence-electron chi connectivity index (χ2n) is 3.34. The number of hydrogen-bond donors (Lipinski definition) is 0. The molecule has 6 nitrogen and oxygen atoms in total. The minimum atomic E-state index is -0.580. The lowest BCUT2D eigenvalue weighted by Crippen LogP contribution is -1.98. The van der Waals surface area contributed by atoms with Gasteiger partial charge in [0.15, 0.2) is 11.6 Å². The molecule has 2 aromatic rings. The van der Waals surface area contributed by atoms with Crippen LogP contribution in [0, 0.1) is 15.9 Å². The molecule has 0 aliphatic heterocycles. The van der Waals surface area contributed by atoms with E-state index in [2.05, 4.69) is 9.97 Å². The van der Waals surface area contributed by atoms with E-state index < -0.39 is 10.7 Å². The molecule has 0 unspecified atom stereocenters. The van der Waals surface area contributed by atoms with Gasteiger partial charge in [-0.05, 0) is 6.07 Å². The first-order valence-electron chi connectivity index (χ1n) is 4.93. The largest absolute Gasteiger partial charge is 0.490 e. The number of nitro groups is 1. The summed E-state index contributed by atoms with van der Waals surface area (Å²) in [6, 6.07) is 4.37. The molecule has 18 heavy (non-hydrogen) atoms. The van der Waals surface area contributed by atoms with E-state index in [1.54, 1.807) is 6.07 Å². The SMILES string of the molecule is COc1c(-c2ncc(F)cn2)cccc1[N+](=O)[O-]. The molecule has 1 aromatic carbocycles. The van der Waals surface area contributed by atoms with Crippen LogP contribution in [0.4, 0.5) is 10.1 Å². The Balaban J connectivity index is 2.60. The summed E-state index contributed by atoms with van der Waals surface area (Å²) >= 11 is 0. The summed E-state index contributed by atoms with van der Waals surface area (Å²) in [5.74, 6) is -0.366. The van der Waals surface area contributed by atoms with Gasteiger partial charge >= 0.3 is 5.69 Å². The van der Waals surface area contributed by atoms with Crippen molar-refractivity contribution in [1.82, 2.24) is 9.97 Å². The Labute approximate surface area is 101 Å². The number of nitro benzene ring substituents is 1. The third kappa shape index (κ3) is 2.10. The number of benzene rings is 1. The lowest BCUT2D eigenvalue weighted by atomic mass is 10.1. The van der Waals surface area contributed by atoms with Crippen molar-refractivity contribution in [3.8, 4) is 17.1 Å². The van der Waals surface area contributed by atoms with Gasteiger partial charge in [-0.1, -0.05) is 6.07 Å². The van der Waals surface area contributed by atoms with Crippen molar-refractivity contribution < 1.29 is 14.1 Å². The first kappa shape index (κ1) is 11.9. The fourth-order valence-electron chi connectivity index (χ4n) is 1.51. The monoisotopic (exact) mass is 249 g/mol. The Morgan fingerprint density at radius 3 is 2.56 bits per heavy atom. The van der Waals surface area contributed by atoms with E-state index >= 15 is 0 Å². The van der Waals surface area contributed by atoms with E-state index in [0.29, 0.717) is 5.56 Å². The fraction of sp³-hybridized carbons (Fsp3) is 0.0909. The van der Waals surface area contributed by atoms with Gasteiger partial charge in [0.1, 0.15) is 0 Å². The van der Waals surface area contributed by atoms with E-state index in [4.69, 9.17) is 4.74 Å². The van der Waals surface area contributed by atoms with Crippen molar-refractivity contribution in [3.63, 3.8) is 0 Å². The molecule has 0 radical (unpaired) electrons. The maximum Gasteiger partial charge on any atom is 0.311 e. The van der Waals surface area contributed by atoms with Crippen molar-refractivity contribution in [1.29, 1.82) is 0 Å². The molecule has 0 aliphatic carbocycles. The van der Waals surface area contributed by atoms with Gasteiger partial charge in [0, 0.05) is 6.07 Å². The predicted molar refractivity (Wildman–Crippen MR) is 60.6 cm³/mol. The standard InChI is InChI=1S/C11H8FN3O3/c1-18-10-8(3-2-4-9(10)15(16)17)11-13-5-7(12)6-14-11/h2-6H,1H3. The van der Waals surface area contributed by atoms with Crippen molar-refractivity contribution in [2.24, 2.45) is 0 Å². The molecule has 0 amide bonds. The van der Waals surface area contributed by atoms with Crippen LogP contribution in [0.5, 0.6) is 5.75 Å². The highest BCUT2D eigenvalue weighted by molar-refractivity contribution is 5.70. The Hall–Kier alpha value is -2.57. The van der Waals surface area contributed by atoms with Gasteiger partial charge in [0.25, 0.3) is 0 Å². The number of methoxy groups -OCH3 is 1. The van der Waals surface area contributed by atoms with Crippen LogP contribution in [-0.2, 0) is 0 Å². The summed E-state index contributed by atoms with van der Waals surface area (Å²) in [6.07, 6.45) is 1.97. The topological polar surface area (TPSA) is 78.2 Å². The highest BCUT2D eigenvalue weighted by Gasteiger charge is 2.20. The van der Waals surface area contributed by atoms with Crippen molar-refractivity contribution >= 4 is 5.69 Å². The molecule has 1 aromatic heterocycles. The normalized spacial score (nSPS) is 10.1. The Morgan fingerprint density at radius 1 is 1.33 bits per heavy atom. The Bertz CT molecular complexity index is 587. The molecule has 0 N–H and O–H groups in total. The number of halogens is 1. The summed E-state index contributed by atoms with van der Waals surface area (Å²) < 4.78 is 17.7. The highest BCUT2D eigenvalue weighted by atomic mass is 19.1. The zero-order chi connectivity index (χ0) is 13.1. The lowest BCUT2D eigenvalue weighted by Gasteiger charge is -2.07. The van der Waals surface area contributed by atoms with Gasteiger partial charge in [0.05, 0.1) is 30.0 Å². The minimum absolute atomic E-state index is 0.0501. The number of para-hydroxylation sites is 1. The van der Waals surface area contributed by atoms with Gasteiger partial charge in [-0.15, -0.1) is 0 Å². The van der Waals surface area contributed by atoms with E-state index in [1.165, 1.54) is 19.2 Å². The second kappa shape index (κ2) is 4.74. The van der Waals surface area contributed by atoms with Crippen LogP contribution in [0.2, 0.25) is 0 Å². The van der Waals surface area contributed by atoms with Gasteiger partial charge < -0.3 is 4.74 Å². The summed E-state index contributed by atoms with van der Waals surface area (Å²) in [6.45, 7) is 0. The molecule has 0 saturated heterocycles. The molecule has 0 spiro atoms. The zero-order valence-electron chi connectivity index (χ0n) is 9.33. The van der Waals surface area contributed by atoms with Gasteiger partial charge in [-0.25, -0.2) is 14.4 Å². The van der Waals surface area contributed by atoms with Crippen LogP contribution in [0.1, 0.15) is 0 Å². The summed E-state index contributed by atoms with van der Waals surface area (Å²) in [5.41, 5.74) is 0.148. The number of hydrogen-bond acceptors (Lipinski definition) is 5. The lowest BCUT2D eigenvalue weighted by molar-refractivity contribution is -0.385. The van der Waals surface area contributed by atoms with Crippen molar-refractivity contribution in [2.75, 3.05) is 7.11 Å². The van der Waals surface area contributed by atoms with Gasteiger partial charge in [-0.3, -0.25) is 10.1 Å².